The maximum atomic E-state index is 14.0. The second kappa shape index (κ2) is 8.23. The number of esters is 1. The van der Waals surface area contributed by atoms with Crippen LogP contribution in [0.1, 0.15) is 16.8 Å². The number of amides is 2. The van der Waals surface area contributed by atoms with E-state index >= 15 is 0 Å². The predicted molar refractivity (Wildman–Crippen MR) is 99.9 cm³/mol. The van der Waals surface area contributed by atoms with E-state index in [0.717, 1.165) is 36.3 Å². The van der Waals surface area contributed by atoms with Gasteiger partial charge in [-0.05, 0) is 30.3 Å². The molecule has 2 aromatic carbocycles. The molecular weight excluding hydrogens is 404 g/mol. The fraction of sp³-hybridized carbons (Fsp3) is 0.211. The number of methoxy groups -OCH3 is 1. The Balaban J connectivity index is 1.77. The van der Waals surface area contributed by atoms with Gasteiger partial charge in [0.05, 0.1) is 34.9 Å². The van der Waals surface area contributed by atoms with Crippen LogP contribution in [0.2, 0.25) is 0 Å². The number of anilines is 2. The van der Waals surface area contributed by atoms with Gasteiger partial charge >= 0.3 is 11.7 Å². The number of nitro benzene ring substituents is 1. The van der Waals surface area contributed by atoms with Crippen molar-refractivity contribution in [3.63, 3.8) is 0 Å². The summed E-state index contributed by atoms with van der Waals surface area (Å²) < 4.78 is 32.1. The Hall–Kier alpha value is -3.89. The third kappa shape index (κ3) is 4.09. The van der Waals surface area contributed by atoms with E-state index in [0.29, 0.717) is 0 Å². The first-order valence-electron chi connectivity index (χ1n) is 8.64. The average molecular weight is 419 g/mol. The van der Waals surface area contributed by atoms with E-state index in [1.807, 2.05) is 0 Å². The number of carbonyl (C=O) groups is 3. The van der Waals surface area contributed by atoms with Crippen LogP contribution in [0.4, 0.5) is 25.8 Å². The fourth-order valence-electron chi connectivity index (χ4n) is 3.04. The van der Waals surface area contributed by atoms with Crippen LogP contribution in [0, 0.1) is 27.7 Å². The quantitative estimate of drug-likeness (QED) is 0.452. The lowest BCUT2D eigenvalue weighted by Crippen LogP contribution is -2.28. The average Bonchev–Trinajstić information content (AvgIpc) is 3.11. The summed E-state index contributed by atoms with van der Waals surface area (Å²) in [5.41, 5.74) is -0.958. The van der Waals surface area contributed by atoms with Crippen molar-refractivity contribution in [2.75, 3.05) is 23.9 Å². The SMILES string of the molecule is COC(=O)c1ccc(F)c(NC(=O)C2CC(=O)N(c3ccc(F)c([N+](=O)[O-])c3)C2)c1. The van der Waals surface area contributed by atoms with E-state index in [1.54, 1.807) is 0 Å². The fourth-order valence-corrected chi connectivity index (χ4v) is 3.04. The number of carbonyl (C=O) groups excluding carboxylic acids is 3. The first-order chi connectivity index (χ1) is 14.2. The summed E-state index contributed by atoms with van der Waals surface area (Å²) in [5, 5.41) is 13.2. The van der Waals surface area contributed by atoms with Crippen LogP contribution in [-0.2, 0) is 14.3 Å². The molecule has 1 atom stereocenters. The van der Waals surface area contributed by atoms with E-state index in [-0.39, 0.29) is 29.9 Å². The van der Waals surface area contributed by atoms with Gasteiger partial charge in [-0.25, -0.2) is 9.18 Å². The molecule has 2 amide bonds. The van der Waals surface area contributed by atoms with E-state index in [9.17, 15) is 33.3 Å². The second-order valence-corrected chi connectivity index (χ2v) is 6.47. The van der Waals surface area contributed by atoms with Crippen LogP contribution >= 0.6 is 0 Å². The molecule has 0 saturated carbocycles. The highest BCUT2D eigenvalue weighted by Crippen LogP contribution is 2.30. The summed E-state index contributed by atoms with van der Waals surface area (Å²) in [6, 6.07) is 6.26. The standard InChI is InChI=1S/C19H15F2N3O6/c1-30-19(27)10-2-4-13(20)15(6-10)22-18(26)11-7-17(25)23(9-11)12-3-5-14(21)16(8-12)24(28)29/h2-6,8,11H,7,9H2,1H3,(H,22,26). The third-order valence-corrected chi connectivity index (χ3v) is 4.58. The molecule has 9 nitrogen and oxygen atoms in total. The van der Waals surface area contributed by atoms with Crippen molar-refractivity contribution in [2.24, 2.45) is 5.92 Å². The summed E-state index contributed by atoms with van der Waals surface area (Å²) in [7, 11) is 1.16. The molecule has 0 bridgehead atoms. The molecular formula is C19H15F2N3O6. The van der Waals surface area contributed by atoms with E-state index in [2.05, 4.69) is 10.1 Å². The number of benzene rings is 2. The number of nitrogens with one attached hydrogen (secondary N) is 1. The molecule has 1 aliphatic heterocycles. The number of hydrogen-bond donors (Lipinski definition) is 1. The normalized spacial score (nSPS) is 15.8. The molecule has 1 aliphatic rings. The number of nitro groups is 1. The van der Waals surface area contributed by atoms with Gasteiger partial charge in [0.15, 0.2) is 0 Å². The van der Waals surface area contributed by atoms with Crippen molar-refractivity contribution in [1.29, 1.82) is 0 Å². The van der Waals surface area contributed by atoms with Crippen molar-refractivity contribution < 1.29 is 32.8 Å². The van der Waals surface area contributed by atoms with Gasteiger partial charge in [-0.15, -0.1) is 0 Å². The molecule has 30 heavy (non-hydrogen) atoms. The van der Waals surface area contributed by atoms with Crippen molar-refractivity contribution in [3.8, 4) is 0 Å². The van der Waals surface area contributed by atoms with Crippen molar-refractivity contribution in [1.82, 2.24) is 0 Å². The van der Waals surface area contributed by atoms with E-state index in [1.165, 1.54) is 12.1 Å². The Kier molecular flexibility index (Phi) is 5.72. The summed E-state index contributed by atoms with van der Waals surface area (Å²) >= 11 is 0. The van der Waals surface area contributed by atoms with Gasteiger partial charge in [0.25, 0.3) is 0 Å². The molecule has 0 spiro atoms. The highest BCUT2D eigenvalue weighted by molar-refractivity contribution is 6.04. The molecule has 156 valence electrons. The maximum absolute atomic E-state index is 14.0. The Labute approximate surface area is 168 Å². The molecule has 0 radical (unpaired) electrons. The number of nitrogens with zero attached hydrogens (tertiary/aromatic N) is 2. The Morgan fingerprint density at radius 2 is 1.90 bits per heavy atom. The van der Waals surface area contributed by atoms with E-state index < -0.39 is 45.9 Å². The number of hydrogen-bond acceptors (Lipinski definition) is 6. The maximum Gasteiger partial charge on any atom is 0.337 e. The topological polar surface area (TPSA) is 119 Å². The molecule has 3 rings (SSSR count). The molecule has 0 aromatic heterocycles. The van der Waals surface area contributed by atoms with E-state index in [4.69, 9.17) is 0 Å². The van der Waals surface area contributed by atoms with Gasteiger partial charge in [0.1, 0.15) is 5.82 Å². The van der Waals surface area contributed by atoms with Crippen LogP contribution in [0.15, 0.2) is 36.4 Å². The largest absolute Gasteiger partial charge is 0.465 e. The van der Waals surface area contributed by atoms with Crippen LogP contribution in [0.25, 0.3) is 0 Å². The van der Waals surface area contributed by atoms with Gasteiger partial charge in [0, 0.05) is 19.0 Å². The lowest BCUT2D eigenvalue weighted by Gasteiger charge is -2.17. The smallest absolute Gasteiger partial charge is 0.337 e. The minimum Gasteiger partial charge on any atom is -0.465 e. The Bertz CT molecular complexity index is 1060. The van der Waals surface area contributed by atoms with Gasteiger partial charge in [-0.1, -0.05) is 0 Å². The van der Waals surface area contributed by atoms with Crippen molar-refractivity contribution >= 4 is 34.8 Å². The molecule has 0 aliphatic carbocycles. The molecule has 1 unspecified atom stereocenters. The van der Waals surface area contributed by atoms with Crippen molar-refractivity contribution in [2.45, 2.75) is 6.42 Å². The molecule has 1 fully saturated rings. The van der Waals surface area contributed by atoms with Gasteiger partial charge in [-0.3, -0.25) is 19.7 Å². The van der Waals surface area contributed by atoms with Gasteiger partial charge < -0.3 is 15.0 Å². The van der Waals surface area contributed by atoms with Gasteiger partial charge in [0.2, 0.25) is 17.6 Å². The molecule has 1 N–H and O–H groups in total. The molecule has 1 heterocycles. The minimum absolute atomic E-state index is 0.0250. The van der Waals surface area contributed by atoms with Crippen LogP contribution in [0.3, 0.4) is 0 Å². The Morgan fingerprint density at radius 3 is 2.57 bits per heavy atom. The van der Waals surface area contributed by atoms with Gasteiger partial charge in [-0.2, -0.15) is 4.39 Å². The minimum atomic E-state index is -1.05. The summed E-state index contributed by atoms with van der Waals surface area (Å²) in [4.78, 5) is 47.5. The zero-order chi connectivity index (χ0) is 22.0. The zero-order valence-corrected chi connectivity index (χ0v) is 15.6. The monoisotopic (exact) mass is 419 g/mol. The first kappa shape index (κ1) is 20.8. The highest BCUT2D eigenvalue weighted by Gasteiger charge is 2.36. The Morgan fingerprint density at radius 1 is 1.20 bits per heavy atom. The zero-order valence-electron chi connectivity index (χ0n) is 15.6. The molecule has 1 saturated heterocycles. The highest BCUT2D eigenvalue weighted by atomic mass is 19.1. The van der Waals surface area contributed by atoms with Crippen LogP contribution < -0.4 is 10.2 Å². The lowest BCUT2D eigenvalue weighted by atomic mass is 10.1. The second-order valence-electron chi connectivity index (χ2n) is 6.47. The van der Waals surface area contributed by atoms with Crippen LogP contribution in [-0.4, -0.2) is 36.4 Å². The molecule has 2 aromatic rings. The lowest BCUT2D eigenvalue weighted by molar-refractivity contribution is -0.387. The summed E-state index contributed by atoms with van der Waals surface area (Å²) in [6.45, 7) is -0.133. The summed E-state index contributed by atoms with van der Waals surface area (Å²) in [5.74, 6) is -4.62. The first-order valence-corrected chi connectivity index (χ1v) is 8.64. The third-order valence-electron chi connectivity index (χ3n) is 4.58. The van der Waals surface area contributed by atoms with Crippen molar-refractivity contribution in [3.05, 3.63) is 63.7 Å². The predicted octanol–water partition coefficient (Wildman–Crippen LogP) is 2.65. The number of rotatable bonds is 5. The number of ether oxygens (including phenoxy) is 1. The molecule has 11 heteroatoms. The number of halogens is 2. The van der Waals surface area contributed by atoms with Crippen LogP contribution in [0.5, 0.6) is 0 Å². The summed E-state index contributed by atoms with van der Waals surface area (Å²) in [6.07, 6.45) is -0.227.